The molecule has 0 radical (unpaired) electrons. The number of hydrogen-bond donors (Lipinski definition) is 3. The van der Waals surface area contributed by atoms with E-state index in [-0.39, 0.29) is 12.0 Å². The summed E-state index contributed by atoms with van der Waals surface area (Å²) in [5.74, 6) is 6.55. The van der Waals surface area contributed by atoms with Gasteiger partial charge in [-0.1, -0.05) is 6.92 Å². The molecule has 19 heavy (non-hydrogen) atoms. The fraction of sp³-hybridized carbons (Fsp3) is 0.700. The van der Waals surface area contributed by atoms with Crippen molar-refractivity contribution in [3.8, 4) is 6.01 Å². The lowest BCUT2D eigenvalue weighted by Gasteiger charge is -2.08. The Hall–Kier alpha value is -1.48. The van der Waals surface area contributed by atoms with Gasteiger partial charge < -0.3 is 10.1 Å². The summed E-state index contributed by atoms with van der Waals surface area (Å²) in [6, 6.07) is 0.228. The zero-order valence-electron chi connectivity index (χ0n) is 11.2. The normalized spacial score (nSPS) is 11.9. The molecule has 0 aliphatic rings. The fourth-order valence-corrected chi connectivity index (χ4v) is 1.78. The Morgan fingerprint density at radius 2 is 2.05 bits per heavy atom. The Labute approximate surface area is 115 Å². The highest BCUT2D eigenvalue weighted by atomic mass is 32.2. The highest BCUT2D eigenvalue weighted by Gasteiger charge is 2.06. The summed E-state index contributed by atoms with van der Waals surface area (Å²) in [6.07, 6.45) is 3.31. The van der Waals surface area contributed by atoms with Gasteiger partial charge in [0.1, 0.15) is 0 Å². The lowest BCUT2D eigenvalue weighted by molar-refractivity contribution is 0.292. The van der Waals surface area contributed by atoms with E-state index >= 15 is 0 Å². The zero-order chi connectivity index (χ0) is 14.1. The predicted molar refractivity (Wildman–Crippen MR) is 75.5 cm³/mol. The molecule has 1 rings (SSSR count). The standard InChI is InChI=1S/C10H20N6O2S/c1-3-6-18-10-14-8(13-9(15-10)16-11)12-5-4-7-19(2)17/h3-7,11H2,1-2H3,(H2,12,13,14,15,16). The maximum atomic E-state index is 10.9. The number of anilines is 2. The maximum Gasteiger partial charge on any atom is 0.323 e. The molecule has 9 heteroatoms. The summed E-state index contributed by atoms with van der Waals surface area (Å²) < 4.78 is 16.3. The first kappa shape index (κ1) is 15.6. The Morgan fingerprint density at radius 3 is 2.68 bits per heavy atom. The minimum Gasteiger partial charge on any atom is -0.463 e. The number of nitrogens with zero attached hydrogens (tertiary/aromatic N) is 3. The van der Waals surface area contributed by atoms with Crippen LogP contribution in [0.25, 0.3) is 0 Å². The molecule has 0 aromatic carbocycles. The van der Waals surface area contributed by atoms with Crippen LogP contribution in [0.4, 0.5) is 11.9 Å². The first-order valence-corrected chi connectivity index (χ1v) is 7.77. The van der Waals surface area contributed by atoms with Gasteiger partial charge in [-0.3, -0.25) is 9.63 Å². The molecule has 0 saturated heterocycles. The lowest BCUT2D eigenvalue weighted by Crippen LogP contribution is -2.15. The highest BCUT2D eigenvalue weighted by Crippen LogP contribution is 2.10. The molecule has 0 aliphatic heterocycles. The average molecular weight is 288 g/mol. The van der Waals surface area contributed by atoms with Crippen molar-refractivity contribution in [2.24, 2.45) is 5.84 Å². The average Bonchev–Trinajstić information content (AvgIpc) is 2.41. The van der Waals surface area contributed by atoms with E-state index in [1.54, 1.807) is 6.26 Å². The lowest BCUT2D eigenvalue weighted by atomic mass is 10.5. The van der Waals surface area contributed by atoms with Gasteiger partial charge in [0.25, 0.3) is 0 Å². The van der Waals surface area contributed by atoms with Gasteiger partial charge in [0, 0.05) is 29.4 Å². The van der Waals surface area contributed by atoms with Crippen LogP contribution in [0.3, 0.4) is 0 Å². The Kier molecular flexibility index (Phi) is 7.04. The third-order valence-corrected chi connectivity index (χ3v) is 2.93. The number of rotatable bonds is 9. The molecule has 0 spiro atoms. The SMILES string of the molecule is CCCOc1nc(NN)nc(NCCCS(C)=O)n1. The van der Waals surface area contributed by atoms with Gasteiger partial charge in [0.2, 0.25) is 11.9 Å². The van der Waals surface area contributed by atoms with Crippen molar-refractivity contribution in [1.29, 1.82) is 0 Å². The highest BCUT2D eigenvalue weighted by molar-refractivity contribution is 7.84. The molecule has 0 aliphatic carbocycles. The van der Waals surface area contributed by atoms with Gasteiger partial charge in [-0.15, -0.1) is 0 Å². The summed E-state index contributed by atoms with van der Waals surface area (Å²) >= 11 is 0. The number of nitrogen functional groups attached to an aromatic ring is 1. The number of aromatic nitrogens is 3. The number of ether oxygens (including phenoxy) is 1. The third kappa shape index (κ3) is 6.30. The molecule has 0 bridgehead atoms. The van der Waals surface area contributed by atoms with E-state index in [0.717, 1.165) is 12.8 Å². The van der Waals surface area contributed by atoms with E-state index in [1.807, 2.05) is 6.92 Å². The van der Waals surface area contributed by atoms with Crippen molar-refractivity contribution in [2.75, 3.05) is 35.9 Å². The quantitative estimate of drug-likeness (QED) is 0.333. The monoisotopic (exact) mass is 288 g/mol. The van der Waals surface area contributed by atoms with Crippen LogP contribution in [0.1, 0.15) is 19.8 Å². The van der Waals surface area contributed by atoms with E-state index in [0.29, 0.717) is 24.9 Å². The smallest absolute Gasteiger partial charge is 0.323 e. The van der Waals surface area contributed by atoms with E-state index in [1.165, 1.54) is 0 Å². The molecular weight excluding hydrogens is 268 g/mol. The second-order valence-electron chi connectivity index (χ2n) is 3.82. The van der Waals surface area contributed by atoms with E-state index in [9.17, 15) is 4.21 Å². The first-order chi connectivity index (χ1) is 9.15. The van der Waals surface area contributed by atoms with Crippen LogP contribution in [0, 0.1) is 0 Å². The molecule has 1 aromatic rings. The molecular formula is C10H20N6O2S. The summed E-state index contributed by atoms with van der Waals surface area (Å²) in [5, 5.41) is 3.02. The number of nitrogens with two attached hydrogens (primary N) is 1. The molecule has 1 atom stereocenters. The van der Waals surface area contributed by atoms with E-state index < -0.39 is 10.8 Å². The van der Waals surface area contributed by atoms with E-state index in [4.69, 9.17) is 10.6 Å². The van der Waals surface area contributed by atoms with Crippen LogP contribution in [0.15, 0.2) is 0 Å². The van der Waals surface area contributed by atoms with Crippen LogP contribution < -0.4 is 21.3 Å². The van der Waals surface area contributed by atoms with Gasteiger partial charge in [-0.05, 0) is 12.8 Å². The first-order valence-electron chi connectivity index (χ1n) is 6.05. The molecule has 0 amide bonds. The van der Waals surface area contributed by atoms with Gasteiger partial charge in [-0.2, -0.15) is 15.0 Å². The number of nitrogens with one attached hydrogen (secondary N) is 2. The van der Waals surface area contributed by atoms with Crippen LogP contribution in [-0.2, 0) is 10.8 Å². The van der Waals surface area contributed by atoms with Gasteiger partial charge in [0.15, 0.2) is 0 Å². The summed E-state index contributed by atoms with van der Waals surface area (Å²) in [5.41, 5.74) is 2.36. The summed E-state index contributed by atoms with van der Waals surface area (Å²) in [4.78, 5) is 12.1. The predicted octanol–water partition coefficient (Wildman–Crippen LogP) is 0.127. The molecule has 8 nitrogen and oxygen atoms in total. The Balaban J connectivity index is 2.57. The summed E-state index contributed by atoms with van der Waals surface area (Å²) in [7, 11) is -0.788. The molecule has 1 aromatic heterocycles. The minimum absolute atomic E-state index is 0.228. The second-order valence-corrected chi connectivity index (χ2v) is 5.37. The van der Waals surface area contributed by atoms with Crippen molar-refractivity contribution in [1.82, 2.24) is 15.0 Å². The van der Waals surface area contributed by atoms with E-state index in [2.05, 4.69) is 25.7 Å². The summed E-state index contributed by atoms with van der Waals surface area (Å²) in [6.45, 7) is 3.15. The third-order valence-electron chi connectivity index (χ3n) is 2.07. The van der Waals surface area contributed by atoms with Crippen LogP contribution in [0.5, 0.6) is 6.01 Å². The number of hydrogen-bond acceptors (Lipinski definition) is 8. The molecule has 0 fully saturated rings. The maximum absolute atomic E-state index is 10.9. The largest absolute Gasteiger partial charge is 0.463 e. The van der Waals surface area contributed by atoms with Crippen molar-refractivity contribution in [3.63, 3.8) is 0 Å². The Morgan fingerprint density at radius 1 is 1.32 bits per heavy atom. The molecule has 0 saturated carbocycles. The van der Waals surface area contributed by atoms with Crippen LogP contribution in [-0.4, -0.2) is 44.3 Å². The van der Waals surface area contributed by atoms with Crippen molar-refractivity contribution < 1.29 is 8.95 Å². The van der Waals surface area contributed by atoms with Crippen molar-refractivity contribution in [3.05, 3.63) is 0 Å². The molecule has 4 N–H and O–H groups in total. The topological polar surface area (TPSA) is 115 Å². The minimum atomic E-state index is -0.788. The molecule has 108 valence electrons. The number of hydrazine groups is 1. The molecule has 1 unspecified atom stereocenters. The van der Waals surface area contributed by atoms with Crippen molar-refractivity contribution in [2.45, 2.75) is 19.8 Å². The van der Waals surface area contributed by atoms with Crippen LogP contribution >= 0.6 is 0 Å². The zero-order valence-corrected chi connectivity index (χ0v) is 12.0. The van der Waals surface area contributed by atoms with Gasteiger partial charge in [0.05, 0.1) is 6.61 Å². The fourth-order valence-electron chi connectivity index (χ4n) is 1.23. The van der Waals surface area contributed by atoms with Gasteiger partial charge >= 0.3 is 6.01 Å². The van der Waals surface area contributed by atoms with Crippen LogP contribution in [0.2, 0.25) is 0 Å². The molecule has 1 heterocycles. The van der Waals surface area contributed by atoms with Gasteiger partial charge in [-0.25, -0.2) is 5.84 Å². The Bertz CT molecular complexity index is 417. The van der Waals surface area contributed by atoms with Crippen molar-refractivity contribution >= 4 is 22.7 Å². The second kappa shape index (κ2) is 8.59.